The number of ether oxygens (including phenoxy) is 3. The number of carbonyl (C=O) groups is 2. The number of aliphatic carboxylic acids is 1. The fourth-order valence-electron chi connectivity index (χ4n) is 0.950. The zero-order chi connectivity index (χ0) is 16.7. The molecule has 1 atom stereocenters. The van der Waals surface area contributed by atoms with Crippen molar-refractivity contribution in [2.45, 2.75) is 26.1 Å². The average Bonchev–Trinajstić information content (AvgIpc) is 2.44. The molecule has 0 aliphatic heterocycles. The monoisotopic (exact) mass is 308 g/mol. The number of carbonyl (C=O) groups excluding carboxylic acids is 1. The standard InChI is InChI=1S/C7H16O4.C6H8O4/c1-2-4-11-7(9)6-10-5-3-8;1-4(3-5(7)8)6(9)10-2/h7-9H,2-6H2,1H3;1,3H2,2H3,(H,7,8). The molecule has 0 aliphatic rings. The minimum atomic E-state index is -1.09. The van der Waals surface area contributed by atoms with E-state index in [1.165, 1.54) is 7.11 Å². The third kappa shape index (κ3) is 16.5. The van der Waals surface area contributed by atoms with Crippen molar-refractivity contribution in [2.24, 2.45) is 0 Å². The van der Waals surface area contributed by atoms with Crippen molar-refractivity contribution in [1.82, 2.24) is 0 Å². The molecule has 0 saturated heterocycles. The summed E-state index contributed by atoms with van der Waals surface area (Å²) < 4.78 is 13.9. The third-order valence-corrected chi connectivity index (χ3v) is 1.85. The van der Waals surface area contributed by atoms with E-state index in [9.17, 15) is 9.59 Å². The first-order valence-corrected chi connectivity index (χ1v) is 6.35. The molecule has 0 saturated carbocycles. The maximum atomic E-state index is 10.5. The predicted octanol–water partition coefficient (Wildman–Crippen LogP) is -0.0694. The second-order valence-corrected chi connectivity index (χ2v) is 3.79. The molecule has 3 N–H and O–H groups in total. The van der Waals surface area contributed by atoms with Gasteiger partial charge in [-0.2, -0.15) is 0 Å². The molecule has 1 unspecified atom stereocenters. The number of rotatable bonds is 10. The summed E-state index contributed by atoms with van der Waals surface area (Å²) in [6.07, 6.45) is -0.356. The fraction of sp³-hybridized carbons (Fsp3) is 0.692. The van der Waals surface area contributed by atoms with Gasteiger partial charge in [0.05, 0.1) is 33.4 Å². The van der Waals surface area contributed by atoms with Crippen LogP contribution in [0, 0.1) is 0 Å². The van der Waals surface area contributed by atoms with Crippen molar-refractivity contribution in [3.8, 4) is 0 Å². The lowest BCUT2D eigenvalue weighted by atomic mass is 10.2. The van der Waals surface area contributed by atoms with E-state index in [1.54, 1.807) is 0 Å². The van der Waals surface area contributed by atoms with E-state index < -0.39 is 18.2 Å². The van der Waals surface area contributed by atoms with Crippen molar-refractivity contribution in [3.63, 3.8) is 0 Å². The summed E-state index contributed by atoms with van der Waals surface area (Å²) >= 11 is 0. The lowest BCUT2D eigenvalue weighted by Crippen LogP contribution is -2.20. The number of hydrogen-bond donors (Lipinski definition) is 3. The Labute approximate surface area is 123 Å². The molecule has 124 valence electrons. The highest BCUT2D eigenvalue weighted by atomic mass is 16.6. The van der Waals surface area contributed by atoms with Gasteiger partial charge in [0.2, 0.25) is 0 Å². The van der Waals surface area contributed by atoms with Gasteiger partial charge in [-0.25, -0.2) is 4.79 Å². The summed E-state index contributed by atoms with van der Waals surface area (Å²) in [5.74, 6) is -1.77. The van der Waals surface area contributed by atoms with Gasteiger partial charge in [0, 0.05) is 12.2 Å². The Balaban J connectivity index is 0. The highest BCUT2D eigenvalue weighted by molar-refractivity contribution is 5.92. The quantitative estimate of drug-likeness (QED) is 0.222. The van der Waals surface area contributed by atoms with E-state index in [0.29, 0.717) is 6.61 Å². The molecule has 0 rings (SSSR count). The molecular formula is C13H24O8. The first-order valence-electron chi connectivity index (χ1n) is 6.35. The summed E-state index contributed by atoms with van der Waals surface area (Å²) in [6.45, 7) is 6.04. The van der Waals surface area contributed by atoms with E-state index >= 15 is 0 Å². The molecule has 0 aliphatic carbocycles. The maximum absolute atomic E-state index is 10.5. The van der Waals surface area contributed by atoms with Crippen LogP contribution in [-0.4, -0.2) is 67.1 Å². The SMILES string of the molecule is C=C(CC(=O)O)C(=O)OC.CCCOC(O)COCCO. The van der Waals surface area contributed by atoms with Crippen LogP contribution < -0.4 is 0 Å². The molecule has 21 heavy (non-hydrogen) atoms. The Morgan fingerprint density at radius 1 is 1.29 bits per heavy atom. The van der Waals surface area contributed by atoms with E-state index in [-0.39, 0.29) is 31.8 Å². The molecule has 8 nitrogen and oxygen atoms in total. The van der Waals surface area contributed by atoms with Gasteiger partial charge in [-0.1, -0.05) is 13.5 Å². The molecule has 0 heterocycles. The number of aliphatic hydroxyl groups is 2. The number of esters is 1. The second kappa shape index (κ2) is 14.9. The second-order valence-electron chi connectivity index (χ2n) is 3.79. The minimum Gasteiger partial charge on any atom is -0.481 e. The molecular weight excluding hydrogens is 284 g/mol. The zero-order valence-corrected chi connectivity index (χ0v) is 12.4. The summed E-state index contributed by atoms with van der Waals surface area (Å²) in [5.41, 5.74) is -0.0463. The Kier molecular flexibility index (Phi) is 15.5. The van der Waals surface area contributed by atoms with Crippen LogP contribution in [0.1, 0.15) is 19.8 Å². The predicted molar refractivity (Wildman–Crippen MR) is 73.6 cm³/mol. The summed E-state index contributed by atoms with van der Waals surface area (Å²) in [5, 5.41) is 25.4. The zero-order valence-electron chi connectivity index (χ0n) is 12.4. The van der Waals surface area contributed by atoms with E-state index in [1.807, 2.05) is 6.92 Å². The van der Waals surface area contributed by atoms with Gasteiger partial charge < -0.3 is 29.5 Å². The van der Waals surface area contributed by atoms with Gasteiger partial charge in [-0.3, -0.25) is 4.79 Å². The summed E-state index contributed by atoms with van der Waals surface area (Å²) in [7, 11) is 1.18. The number of hydrogen-bond acceptors (Lipinski definition) is 7. The van der Waals surface area contributed by atoms with Crippen molar-refractivity contribution < 1.29 is 39.1 Å². The van der Waals surface area contributed by atoms with Gasteiger partial charge in [-0.15, -0.1) is 0 Å². The van der Waals surface area contributed by atoms with Crippen LogP contribution in [-0.2, 0) is 23.8 Å². The largest absolute Gasteiger partial charge is 0.481 e. The van der Waals surface area contributed by atoms with Crippen LogP contribution in [0.2, 0.25) is 0 Å². The molecule has 0 amide bonds. The highest BCUT2D eigenvalue weighted by Gasteiger charge is 2.09. The number of aliphatic hydroxyl groups excluding tert-OH is 2. The van der Waals surface area contributed by atoms with Crippen LogP contribution in [0.4, 0.5) is 0 Å². The fourth-order valence-corrected chi connectivity index (χ4v) is 0.950. The smallest absolute Gasteiger partial charge is 0.333 e. The van der Waals surface area contributed by atoms with Crippen molar-refractivity contribution in [1.29, 1.82) is 0 Å². The van der Waals surface area contributed by atoms with Gasteiger partial charge in [-0.05, 0) is 6.42 Å². The molecule has 0 bridgehead atoms. The van der Waals surface area contributed by atoms with Crippen LogP contribution in [0.3, 0.4) is 0 Å². The Bertz CT molecular complexity index is 303. The first kappa shape index (κ1) is 21.8. The van der Waals surface area contributed by atoms with E-state index in [0.717, 1.165) is 6.42 Å². The molecule has 0 aromatic heterocycles. The summed E-state index contributed by atoms with van der Waals surface area (Å²) in [6, 6.07) is 0. The molecule has 8 heteroatoms. The molecule has 0 radical (unpaired) electrons. The first-order chi connectivity index (χ1) is 9.88. The van der Waals surface area contributed by atoms with Crippen LogP contribution in [0.5, 0.6) is 0 Å². The molecule has 0 fully saturated rings. The Hall–Kier alpha value is -1.48. The lowest BCUT2D eigenvalue weighted by molar-refractivity contribution is -0.141. The number of carboxylic acid groups (broad SMARTS) is 1. The molecule has 0 aromatic carbocycles. The average molecular weight is 308 g/mol. The number of methoxy groups -OCH3 is 1. The van der Waals surface area contributed by atoms with Crippen LogP contribution in [0.25, 0.3) is 0 Å². The van der Waals surface area contributed by atoms with E-state index in [2.05, 4.69) is 11.3 Å². The van der Waals surface area contributed by atoms with E-state index in [4.69, 9.17) is 24.8 Å². The molecule has 0 aromatic rings. The van der Waals surface area contributed by atoms with Gasteiger partial charge in [0.1, 0.15) is 0 Å². The Morgan fingerprint density at radius 2 is 1.90 bits per heavy atom. The topological polar surface area (TPSA) is 123 Å². The minimum absolute atomic E-state index is 0.0273. The number of carboxylic acids is 1. The van der Waals surface area contributed by atoms with Crippen LogP contribution in [0.15, 0.2) is 12.2 Å². The van der Waals surface area contributed by atoms with Crippen molar-refractivity contribution in [2.75, 3.05) is 33.5 Å². The van der Waals surface area contributed by atoms with Gasteiger partial charge in [0.15, 0.2) is 6.29 Å². The van der Waals surface area contributed by atoms with Gasteiger partial charge >= 0.3 is 11.9 Å². The maximum Gasteiger partial charge on any atom is 0.333 e. The van der Waals surface area contributed by atoms with Crippen LogP contribution >= 0.6 is 0 Å². The molecule has 0 spiro atoms. The van der Waals surface area contributed by atoms with Gasteiger partial charge in [0.25, 0.3) is 0 Å². The van der Waals surface area contributed by atoms with Crippen molar-refractivity contribution in [3.05, 3.63) is 12.2 Å². The highest BCUT2D eigenvalue weighted by Crippen LogP contribution is 1.98. The summed E-state index contributed by atoms with van der Waals surface area (Å²) in [4.78, 5) is 20.4. The van der Waals surface area contributed by atoms with Crippen molar-refractivity contribution >= 4 is 11.9 Å². The lowest BCUT2D eigenvalue weighted by Gasteiger charge is -2.10. The Morgan fingerprint density at radius 3 is 2.33 bits per heavy atom. The third-order valence-electron chi connectivity index (χ3n) is 1.85. The normalized spacial score (nSPS) is 11.0.